The van der Waals surface area contributed by atoms with E-state index in [1.54, 1.807) is 0 Å². The zero-order valence-corrected chi connectivity index (χ0v) is 11.3. The highest BCUT2D eigenvalue weighted by molar-refractivity contribution is 7.99. The summed E-state index contributed by atoms with van der Waals surface area (Å²) in [5.74, 6) is 0.187. The molecule has 1 unspecified atom stereocenters. The van der Waals surface area contributed by atoms with Crippen LogP contribution in [-0.2, 0) is 9.59 Å². The third-order valence-electron chi connectivity index (χ3n) is 3.20. The van der Waals surface area contributed by atoms with Gasteiger partial charge in [-0.15, -0.1) is 11.8 Å². The average molecular weight is 259 g/mol. The summed E-state index contributed by atoms with van der Waals surface area (Å²) in [7, 11) is 0. The number of unbranched alkanes of at least 4 members (excludes halogenated alkanes) is 1. The second kappa shape index (κ2) is 6.89. The third-order valence-corrected chi connectivity index (χ3v) is 4.21. The van der Waals surface area contributed by atoms with Gasteiger partial charge in [0.2, 0.25) is 5.91 Å². The second-order valence-electron chi connectivity index (χ2n) is 4.41. The molecule has 17 heavy (non-hydrogen) atoms. The fourth-order valence-corrected chi connectivity index (χ4v) is 3.21. The molecule has 0 saturated carbocycles. The van der Waals surface area contributed by atoms with Gasteiger partial charge >= 0.3 is 5.97 Å². The van der Waals surface area contributed by atoms with Gasteiger partial charge in [-0.05, 0) is 12.8 Å². The highest BCUT2D eigenvalue weighted by Gasteiger charge is 2.36. The van der Waals surface area contributed by atoms with Crippen molar-refractivity contribution >= 4 is 23.6 Å². The summed E-state index contributed by atoms with van der Waals surface area (Å²) in [4.78, 5) is 24.8. The molecule has 0 aromatic rings. The minimum absolute atomic E-state index is 0.00417. The maximum Gasteiger partial charge on any atom is 0.327 e. The Morgan fingerprint density at radius 1 is 1.47 bits per heavy atom. The molecular weight excluding hydrogens is 238 g/mol. The number of carboxylic acid groups (broad SMARTS) is 1. The molecule has 0 spiro atoms. The van der Waals surface area contributed by atoms with Crippen LogP contribution in [0, 0.1) is 5.92 Å². The summed E-state index contributed by atoms with van der Waals surface area (Å²) in [5.41, 5.74) is 0. The number of carbonyl (C=O) groups is 2. The van der Waals surface area contributed by atoms with E-state index in [0.29, 0.717) is 11.6 Å². The van der Waals surface area contributed by atoms with E-state index in [-0.39, 0.29) is 11.8 Å². The van der Waals surface area contributed by atoms with Crippen LogP contribution in [0.5, 0.6) is 0 Å². The van der Waals surface area contributed by atoms with Gasteiger partial charge in [-0.2, -0.15) is 0 Å². The Labute approximate surface area is 107 Å². The average Bonchev–Trinajstić information content (AvgIpc) is 2.78. The van der Waals surface area contributed by atoms with Gasteiger partial charge in [0, 0.05) is 11.7 Å². The fraction of sp³-hybridized carbons (Fsp3) is 0.833. The van der Waals surface area contributed by atoms with E-state index in [0.717, 1.165) is 25.7 Å². The molecule has 1 rings (SSSR count). The van der Waals surface area contributed by atoms with Gasteiger partial charge < -0.3 is 10.0 Å². The summed E-state index contributed by atoms with van der Waals surface area (Å²) in [5, 5.41) is 9.06. The van der Waals surface area contributed by atoms with E-state index in [4.69, 9.17) is 5.11 Å². The van der Waals surface area contributed by atoms with Gasteiger partial charge in [0.1, 0.15) is 6.04 Å². The number of amides is 1. The molecule has 0 aromatic heterocycles. The van der Waals surface area contributed by atoms with E-state index in [9.17, 15) is 9.59 Å². The molecule has 1 aliphatic heterocycles. The quantitative estimate of drug-likeness (QED) is 0.794. The van der Waals surface area contributed by atoms with Gasteiger partial charge in [-0.3, -0.25) is 4.79 Å². The van der Waals surface area contributed by atoms with Crippen LogP contribution in [0.25, 0.3) is 0 Å². The van der Waals surface area contributed by atoms with Crippen LogP contribution in [0.15, 0.2) is 0 Å². The normalized spacial score (nSPS) is 21.5. The first kappa shape index (κ1) is 14.4. The first-order valence-corrected chi connectivity index (χ1v) is 7.38. The molecular formula is C12H21NO3S. The predicted octanol–water partition coefficient (Wildman–Crippen LogP) is 2.19. The largest absolute Gasteiger partial charge is 0.480 e. The van der Waals surface area contributed by atoms with Crippen LogP contribution in [0.4, 0.5) is 0 Å². The molecule has 4 nitrogen and oxygen atoms in total. The Kier molecular flexibility index (Phi) is 5.82. The zero-order valence-electron chi connectivity index (χ0n) is 10.5. The lowest BCUT2D eigenvalue weighted by atomic mass is 9.97. The number of rotatable bonds is 6. The first-order chi connectivity index (χ1) is 8.11. The van der Waals surface area contributed by atoms with E-state index in [2.05, 4.69) is 6.92 Å². The van der Waals surface area contributed by atoms with E-state index < -0.39 is 12.0 Å². The molecule has 1 heterocycles. The minimum atomic E-state index is -0.881. The SMILES string of the molecule is CCCCC(CC)C(=O)N1CSC[C@@H]1C(=O)O. The predicted molar refractivity (Wildman–Crippen MR) is 68.9 cm³/mol. The van der Waals surface area contributed by atoms with Crippen LogP contribution in [-0.4, -0.2) is 39.6 Å². The molecule has 1 saturated heterocycles. The van der Waals surface area contributed by atoms with E-state index in [1.165, 1.54) is 16.7 Å². The molecule has 1 fully saturated rings. The Morgan fingerprint density at radius 3 is 2.71 bits per heavy atom. The summed E-state index contributed by atoms with van der Waals surface area (Å²) in [6.07, 6.45) is 3.77. The van der Waals surface area contributed by atoms with Crippen LogP contribution in [0.1, 0.15) is 39.5 Å². The molecule has 0 bridgehead atoms. The van der Waals surface area contributed by atoms with E-state index >= 15 is 0 Å². The van der Waals surface area contributed by atoms with Gasteiger partial charge in [0.05, 0.1) is 5.88 Å². The zero-order chi connectivity index (χ0) is 12.8. The summed E-state index contributed by atoms with van der Waals surface area (Å²) in [6.45, 7) is 4.10. The summed E-state index contributed by atoms with van der Waals surface area (Å²) in [6, 6.07) is -0.622. The Hall–Kier alpha value is -0.710. The van der Waals surface area contributed by atoms with Crippen LogP contribution in [0.2, 0.25) is 0 Å². The smallest absolute Gasteiger partial charge is 0.327 e. The molecule has 98 valence electrons. The molecule has 2 atom stereocenters. The van der Waals surface area contributed by atoms with Crippen molar-refractivity contribution in [1.29, 1.82) is 0 Å². The molecule has 0 aromatic carbocycles. The lowest BCUT2D eigenvalue weighted by Gasteiger charge is -2.25. The number of hydrogen-bond acceptors (Lipinski definition) is 3. The summed E-state index contributed by atoms with van der Waals surface area (Å²) >= 11 is 1.52. The second-order valence-corrected chi connectivity index (χ2v) is 5.41. The highest BCUT2D eigenvalue weighted by atomic mass is 32.2. The molecule has 1 amide bonds. The van der Waals surface area contributed by atoms with Gasteiger partial charge in [-0.1, -0.05) is 26.7 Å². The lowest BCUT2D eigenvalue weighted by molar-refractivity contribution is -0.149. The first-order valence-electron chi connectivity index (χ1n) is 6.22. The fourth-order valence-electron chi connectivity index (χ4n) is 2.05. The maximum absolute atomic E-state index is 12.2. The summed E-state index contributed by atoms with van der Waals surface area (Å²) < 4.78 is 0. The Balaban J connectivity index is 2.63. The van der Waals surface area contributed by atoms with Gasteiger partial charge in [0.25, 0.3) is 0 Å². The third kappa shape index (κ3) is 3.63. The number of nitrogens with zero attached hydrogens (tertiary/aromatic N) is 1. The molecule has 0 aliphatic carbocycles. The van der Waals surface area contributed by atoms with Crippen molar-refractivity contribution in [2.24, 2.45) is 5.92 Å². The lowest BCUT2D eigenvalue weighted by Crippen LogP contribution is -2.44. The van der Waals surface area contributed by atoms with Crippen molar-refractivity contribution in [2.75, 3.05) is 11.6 Å². The van der Waals surface area contributed by atoms with Crippen LogP contribution in [0.3, 0.4) is 0 Å². The van der Waals surface area contributed by atoms with Crippen molar-refractivity contribution in [3.63, 3.8) is 0 Å². The minimum Gasteiger partial charge on any atom is -0.480 e. The highest BCUT2D eigenvalue weighted by Crippen LogP contribution is 2.25. The molecule has 5 heteroatoms. The van der Waals surface area contributed by atoms with Crippen molar-refractivity contribution in [2.45, 2.75) is 45.6 Å². The van der Waals surface area contributed by atoms with Crippen LogP contribution < -0.4 is 0 Å². The van der Waals surface area contributed by atoms with Crippen molar-refractivity contribution < 1.29 is 14.7 Å². The van der Waals surface area contributed by atoms with Crippen molar-refractivity contribution in [1.82, 2.24) is 4.90 Å². The number of hydrogen-bond donors (Lipinski definition) is 1. The number of carboxylic acids is 1. The van der Waals surface area contributed by atoms with Crippen molar-refractivity contribution in [3.8, 4) is 0 Å². The monoisotopic (exact) mass is 259 g/mol. The van der Waals surface area contributed by atoms with Crippen LogP contribution >= 0.6 is 11.8 Å². The number of aliphatic carboxylic acids is 1. The number of carbonyl (C=O) groups excluding carboxylic acids is 1. The molecule has 1 aliphatic rings. The maximum atomic E-state index is 12.2. The van der Waals surface area contributed by atoms with Gasteiger partial charge in [0.15, 0.2) is 0 Å². The molecule has 0 radical (unpaired) electrons. The Bertz CT molecular complexity index is 283. The topological polar surface area (TPSA) is 57.6 Å². The Morgan fingerprint density at radius 2 is 2.18 bits per heavy atom. The van der Waals surface area contributed by atoms with E-state index in [1.807, 2.05) is 6.92 Å². The standard InChI is InChI=1S/C12H21NO3S/c1-3-5-6-9(4-2)11(14)13-8-17-7-10(13)12(15)16/h9-10H,3-8H2,1-2H3,(H,15,16)/t9?,10-/m1/s1. The van der Waals surface area contributed by atoms with Gasteiger partial charge in [-0.25, -0.2) is 4.79 Å². The molecule has 1 N–H and O–H groups in total. The number of thioether (sulfide) groups is 1. The van der Waals surface area contributed by atoms with Crippen molar-refractivity contribution in [3.05, 3.63) is 0 Å².